The summed E-state index contributed by atoms with van der Waals surface area (Å²) in [5.41, 5.74) is 2.09. The summed E-state index contributed by atoms with van der Waals surface area (Å²) in [6.45, 7) is 8.00. The van der Waals surface area contributed by atoms with Gasteiger partial charge >= 0.3 is 0 Å². The lowest BCUT2D eigenvalue weighted by molar-refractivity contribution is 0.415. The molecule has 1 heterocycles. The molecule has 2 rings (SSSR count). The summed E-state index contributed by atoms with van der Waals surface area (Å²) in [7, 11) is 3.63. The average Bonchev–Trinajstić information content (AvgIpc) is 2.75. The molecule has 1 aromatic carbocycles. The molecule has 3 heteroatoms. The number of benzene rings is 1. The molecule has 3 nitrogen and oxygen atoms in total. The van der Waals surface area contributed by atoms with Crippen LogP contribution in [0.3, 0.4) is 0 Å². The third-order valence-electron chi connectivity index (χ3n) is 1.93. The minimum Gasteiger partial charge on any atom is -0.497 e. The first-order valence-electron chi connectivity index (χ1n) is 5.76. The van der Waals surface area contributed by atoms with Crippen molar-refractivity contribution in [2.75, 3.05) is 7.11 Å². The molecule has 0 aliphatic heterocycles. The number of ether oxygens (including phenoxy) is 1. The molecule has 0 amide bonds. The van der Waals surface area contributed by atoms with Crippen LogP contribution in [-0.2, 0) is 7.05 Å². The molecule has 1 aromatic heterocycles. The van der Waals surface area contributed by atoms with Crippen LogP contribution in [0.2, 0.25) is 0 Å². The summed E-state index contributed by atoms with van der Waals surface area (Å²) in [6.07, 6.45) is 1.80. The van der Waals surface area contributed by atoms with Crippen molar-refractivity contribution in [3.05, 3.63) is 24.5 Å². The van der Waals surface area contributed by atoms with Gasteiger partial charge in [0.05, 0.1) is 24.5 Å². The maximum absolute atomic E-state index is 5.08. The second kappa shape index (κ2) is 7.74. The Hall–Kier alpha value is -1.51. The van der Waals surface area contributed by atoms with Gasteiger partial charge in [0, 0.05) is 13.1 Å². The predicted octanol–water partition coefficient (Wildman–Crippen LogP) is 3.63. The van der Waals surface area contributed by atoms with Gasteiger partial charge in [0.2, 0.25) is 0 Å². The van der Waals surface area contributed by atoms with Crippen molar-refractivity contribution in [1.82, 2.24) is 9.55 Å². The number of aromatic nitrogens is 2. The van der Waals surface area contributed by atoms with Crippen LogP contribution >= 0.6 is 0 Å². The van der Waals surface area contributed by atoms with Crippen molar-refractivity contribution in [3.8, 4) is 5.75 Å². The van der Waals surface area contributed by atoms with Gasteiger partial charge in [-0.15, -0.1) is 0 Å². The second-order valence-corrected chi connectivity index (χ2v) is 2.71. The summed E-state index contributed by atoms with van der Waals surface area (Å²) in [5.74, 6) is 0.848. The van der Waals surface area contributed by atoms with Gasteiger partial charge in [-0.05, 0) is 12.1 Å². The van der Waals surface area contributed by atoms with E-state index in [1.165, 1.54) is 0 Å². The Morgan fingerprint density at radius 2 is 1.75 bits per heavy atom. The molecule has 0 saturated heterocycles. The van der Waals surface area contributed by atoms with E-state index < -0.39 is 0 Å². The van der Waals surface area contributed by atoms with Gasteiger partial charge in [0.1, 0.15) is 5.75 Å². The number of hydrogen-bond acceptors (Lipinski definition) is 2. The maximum atomic E-state index is 5.08. The van der Waals surface area contributed by atoms with Crippen molar-refractivity contribution in [2.24, 2.45) is 7.05 Å². The molecule has 2 aromatic rings. The summed E-state index contributed by atoms with van der Waals surface area (Å²) in [5, 5.41) is 0. The third kappa shape index (κ3) is 3.26. The predicted molar refractivity (Wildman–Crippen MR) is 70.0 cm³/mol. The first-order valence-corrected chi connectivity index (χ1v) is 5.76. The zero-order valence-electron chi connectivity index (χ0n) is 11.1. The zero-order valence-corrected chi connectivity index (χ0v) is 11.1. The van der Waals surface area contributed by atoms with E-state index in [0.29, 0.717) is 0 Å². The summed E-state index contributed by atoms with van der Waals surface area (Å²) in [6, 6.07) is 5.86. The molecule has 0 atom stereocenters. The van der Waals surface area contributed by atoms with Crippen LogP contribution in [0.5, 0.6) is 5.75 Å². The molecule has 0 bridgehead atoms. The van der Waals surface area contributed by atoms with E-state index >= 15 is 0 Å². The average molecular weight is 222 g/mol. The normalized spacial score (nSPS) is 8.62. The number of aryl methyl sites for hydroxylation is 1. The molecular weight excluding hydrogens is 200 g/mol. The smallest absolute Gasteiger partial charge is 0.121 e. The van der Waals surface area contributed by atoms with Crippen molar-refractivity contribution >= 4 is 11.0 Å². The number of hydrogen-bond donors (Lipinski definition) is 0. The zero-order chi connectivity index (χ0) is 12.6. The number of methoxy groups -OCH3 is 1. The molecular formula is C13H22N2O. The Morgan fingerprint density at radius 1 is 1.12 bits per heavy atom. The summed E-state index contributed by atoms with van der Waals surface area (Å²) in [4.78, 5) is 4.21. The monoisotopic (exact) mass is 222 g/mol. The van der Waals surface area contributed by atoms with Crippen LogP contribution in [0.15, 0.2) is 24.5 Å². The molecule has 0 N–H and O–H groups in total. The fraction of sp³-hybridized carbons (Fsp3) is 0.462. The first-order chi connectivity index (χ1) is 7.81. The Bertz CT molecular complexity index is 407. The van der Waals surface area contributed by atoms with E-state index in [4.69, 9.17) is 4.74 Å². The largest absolute Gasteiger partial charge is 0.497 e. The van der Waals surface area contributed by atoms with Crippen molar-refractivity contribution in [3.63, 3.8) is 0 Å². The SMILES string of the molecule is CC.CC.COc1ccc2c(c1)ncn2C. The molecule has 0 spiro atoms. The van der Waals surface area contributed by atoms with Gasteiger partial charge in [0.25, 0.3) is 0 Å². The van der Waals surface area contributed by atoms with Crippen LogP contribution in [0.4, 0.5) is 0 Å². The minimum atomic E-state index is 0.848. The standard InChI is InChI=1S/C9H10N2O.2C2H6/c1-11-6-10-8-5-7(12-2)3-4-9(8)11;2*1-2/h3-6H,1-2H3;2*1-2H3. The van der Waals surface area contributed by atoms with E-state index in [0.717, 1.165) is 16.8 Å². The van der Waals surface area contributed by atoms with Gasteiger partial charge in [0.15, 0.2) is 0 Å². The molecule has 0 unspecified atom stereocenters. The summed E-state index contributed by atoms with van der Waals surface area (Å²) < 4.78 is 7.06. The number of imidazole rings is 1. The Labute approximate surface area is 98.1 Å². The van der Waals surface area contributed by atoms with E-state index in [1.807, 2.05) is 57.5 Å². The Kier molecular flexibility index (Phi) is 7.01. The van der Waals surface area contributed by atoms with Gasteiger partial charge in [-0.25, -0.2) is 4.98 Å². The molecule has 0 saturated carbocycles. The van der Waals surface area contributed by atoms with E-state index in [-0.39, 0.29) is 0 Å². The van der Waals surface area contributed by atoms with Gasteiger partial charge < -0.3 is 9.30 Å². The van der Waals surface area contributed by atoms with Crippen LogP contribution in [0.25, 0.3) is 11.0 Å². The van der Waals surface area contributed by atoms with Crippen LogP contribution in [0, 0.1) is 0 Å². The second-order valence-electron chi connectivity index (χ2n) is 2.71. The molecule has 0 fully saturated rings. The Balaban J connectivity index is 0.000000509. The van der Waals surface area contributed by atoms with Crippen molar-refractivity contribution < 1.29 is 4.74 Å². The van der Waals surface area contributed by atoms with Crippen LogP contribution < -0.4 is 4.74 Å². The fourth-order valence-electron chi connectivity index (χ4n) is 1.24. The van der Waals surface area contributed by atoms with E-state index in [1.54, 1.807) is 13.4 Å². The van der Waals surface area contributed by atoms with Crippen LogP contribution in [0.1, 0.15) is 27.7 Å². The molecule has 0 aliphatic carbocycles. The highest BCUT2D eigenvalue weighted by Crippen LogP contribution is 2.18. The van der Waals surface area contributed by atoms with E-state index in [9.17, 15) is 0 Å². The molecule has 90 valence electrons. The number of nitrogens with zero attached hydrogens (tertiary/aromatic N) is 2. The first kappa shape index (κ1) is 14.5. The number of rotatable bonds is 1. The van der Waals surface area contributed by atoms with Crippen molar-refractivity contribution in [2.45, 2.75) is 27.7 Å². The highest BCUT2D eigenvalue weighted by atomic mass is 16.5. The van der Waals surface area contributed by atoms with Gasteiger partial charge in [-0.2, -0.15) is 0 Å². The van der Waals surface area contributed by atoms with Gasteiger partial charge in [-0.3, -0.25) is 0 Å². The molecule has 16 heavy (non-hydrogen) atoms. The third-order valence-corrected chi connectivity index (χ3v) is 1.93. The lowest BCUT2D eigenvalue weighted by atomic mass is 10.3. The molecule has 0 aliphatic rings. The summed E-state index contributed by atoms with van der Waals surface area (Å²) >= 11 is 0. The topological polar surface area (TPSA) is 27.1 Å². The fourth-order valence-corrected chi connectivity index (χ4v) is 1.24. The maximum Gasteiger partial charge on any atom is 0.121 e. The minimum absolute atomic E-state index is 0.848. The van der Waals surface area contributed by atoms with Crippen molar-refractivity contribution in [1.29, 1.82) is 0 Å². The lowest BCUT2D eigenvalue weighted by Gasteiger charge is -1.98. The highest BCUT2D eigenvalue weighted by Gasteiger charge is 1.99. The lowest BCUT2D eigenvalue weighted by Crippen LogP contribution is -1.84. The van der Waals surface area contributed by atoms with Gasteiger partial charge in [-0.1, -0.05) is 27.7 Å². The Morgan fingerprint density at radius 3 is 2.31 bits per heavy atom. The van der Waals surface area contributed by atoms with E-state index in [2.05, 4.69) is 4.98 Å². The number of fused-ring (bicyclic) bond motifs is 1. The van der Waals surface area contributed by atoms with Crippen LogP contribution in [-0.4, -0.2) is 16.7 Å². The molecule has 0 radical (unpaired) electrons. The highest BCUT2D eigenvalue weighted by molar-refractivity contribution is 5.76. The quantitative estimate of drug-likeness (QED) is 0.736.